The Kier molecular flexibility index (Phi) is 5.55. The van der Waals surface area contributed by atoms with E-state index >= 15 is 0 Å². The van der Waals surface area contributed by atoms with E-state index in [9.17, 15) is 29.6 Å². The quantitative estimate of drug-likeness (QED) is 0.434. The molecule has 9 nitrogen and oxygen atoms in total. The van der Waals surface area contributed by atoms with E-state index in [1.165, 1.54) is 0 Å². The highest BCUT2D eigenvalue weighted by Crippen LogP contribution is 2.36. The summed E-state index contributed by atoms with van der Waals surface area (Å²) in [6.45, 7) is 3.69. The van der Waals surface area contributed by atoms with Crippen molar-refractivity contribution >= 4 is 45.9 Å². The first kappa shape index (κ1) is 20.3. The number of carbonyl (C=O) groups excluding carboxylic acids is 3. The lowest BCUT2D eigenvalue weighted by Crippen LogP contribution is -2.33. The van der Waals surface area contributed by atoms with Crippen LogP contribution in [0.3, 0.4) is 0 Å². The van der Waals surface area contributed by atoms with E-state index < -0.39 is 27.2 Å². The first-order valence-electron chi connectivity index (χ1n) is 8.56. The number of anilines is 2. The van der Waals surface area contributed by atoms with E-state index in [1.54, 1.807) is 19.1 Å². The average molecular weight is 415 g/mol. The highest BCUT2D eigenvalue weighted by molar-refractivity contribution is 8.15. The van der Waals surface area contributed by atoms with Crippen LogP contribution < -0.4 is 10.2 Å². The second-order valence-electron chi connectivity index (χ2n) is 6.55. The Morgan fingerprint density at radius 2 is 1.97 bits per heavy atom. The zero-order chi connectivity index (χ0) is 21.3. The number of non-ortho nitro benzene ring substituents is 1. The fraction of sp³-hybridized carbons (Fsp3) is 0.211. The molecule has 10 heteroatoms. The van der Waals surface area contributed by atoms with Crippen LogP contribution in [0.5, 0.6) is 5.75 Å². The number of carbonyl (C=O) groups is 3. The number of aromatic hydroxyl groups is 1. The fourth-order valence-corrected chi connectivity index (χ4v) is 3.95. The molecule has 1 aliphatic heterocycles. The summed E-state index contributed by atoms with van der Waals surface area (Å²) in [6.07, 6.45) is -0.321. The van der Waals surface area contributed by atoms with Crippen LogP contribution in [-0.4, -0.2) is 32.3 Å². The number of nitro benzene ring substituents is 1. The van der Waals surface area contributed by atoms with Gasteiger partial charge in [-0.2, -0.15) is 0 Å². The van der Waals surface area contributed by atoms with Gasteiger partial charge in [-0.1, -0.05) is 17.7 Å². The van der Waals surface area contributed by atoms with Crippen molar-refractivity contribution in [1.82, 2.24) is 0 Å². The lowest BCUT2D eigenvalue weighted by molar-refractivity contribution is -0.384. The fourth-order valence-electron chi connectivity index (χ4n) is 2.97. The van der Waals surface area contributed by atoms with Gasteiger partial charge in [-0.25, -0.2) is 4.90 Å². The number of hydrogen-bond acceptors (Lipinski definition) is 7. The van der Waals surface area contributed by atoms with Crippen molar-refractivity contribution in [2.24, 2.45) is 0 Å². The number of nitro groups is 1. The van der Waals surface area contributed by atoms with Crippen LogP contribution in [0.1, 0.15) is 17.5 Å². The van der Waals surface area contributed by atoms with Crippen molar-refractivity contribution in [2.45, 2.75) is 25.5 Å². The Bertz CT molecular complexity index is 1040. The van der Waals surface area contributed by atoms with Gasteiger partial charge in [0.25, 0.3) is 10.9 Å². The summed E-state index contributed by atoms with van der Waals surface area (Å²) < 4.78 is 0. The molecule has 0 aliphatic carbocycles. The second-order valence-corrected chi connectivity index (χ2v) is 7.70. The highest BCUT2D eigenvalue weighted by atomic mass is 32.2. The van der Waals surface area contributed by atoms with Crippen molar-refractivity contribution in [3.05, 3.63) is 57.6 Å². The number of hydrogen-bond donors (Lipinski definition) is 2. The van der Waals surface area contributed by atoms with Gasteiger partial charge in [0, 0.05) is 18.6 Å². The molecule has 0 aromatic heterocycles. The van der Waals surface area contributed by atoms with E-state index in [0.29, 0.717) is 5.69 Å². The molecule has 1 saturated heterocycles. The minimum Gasteiger partial charge on any atom is -0.506 e. The second kappa shape index (κ2) is 7.92. The summed E-state index contributed by atoms with van der Waals surface area (Å²) in [4.78, 5) is 48.7. The molecule has 0 spiro atoms. The molecule has 3 amide bonds. The Balaban J connectivity index is 1.73. The number of benzene rings is 2. The molecular formula is C19H17N3O6S. The average Bonchev–Trinajstić information content (AvgIpc) is 2.90. The van der Waals surface area contributed by atoms with Crippen molar-refractivity contribution in [1.29, 1.82) is 0 Å². The number of nitrogens with one attached hydrogen (secondary N) is 1. The molecule has 1 aliphatic rings. The first-order valence-corrected chi connectivity index (χ1v) is 9.44. The lowest BCUT2D eigenvalue weighted by Gasteiger charge is -2.17. The number of aryl methyl sites for hydroxylation is 2. The molecule has 1 atom stereocenters. The summed E-state index contributed by atoms with van der Waals surface area (Å²) in [7, 11) is 0. The van der Waals surface area contributed by atoms with Crippen LogP contribution in [0.25, 0.3) is 0 Å². The van der Waals surface area contributed by atoms with Crippen LogP contribution in [0.4, 0.5) is 21.9 Å². The molecule has 1 unspecified atom stereocenters. The maximum absolute atomic E-state index is 12.7. The van der Waals surface area contributed by atoms with Gasteiger partial charge in [-0.15, -0.1) is 0 Å². The topological polar surface area (TPSA) is 130 Å². The third-order valence-electron chi connectivity index (χ3n) is 4.35. The Morgan fingerprint density at radius 1 is 1.24 bits per heavy atom. The molecule has 0 bridgehead atoms. The number of phenols is 1. The van der Waals surface area contributed by atoms with Crippen LogP contribution in [0.2, 0.25) is 0 Å². The standard InChI is InChI=1S/C19H17N3O6S/c1-10-3-5-14(11(2)7-10)21-18(25)16(29-19(21)26)9-17(24)20-13-8-12(22(27)28)4-6-15(13)23/h3-8,16,23H,9H2,1-2H3,(H,20,24). The highest BCUT2D eigenvalue weighted by Gasteiger charge is 2.42. The molecule has 1 fully saturated rings. The molecule has 0 saturated carbocycles. The molecule has 1 heterocycles. The predicted molar refractivity (Wildman–Crippen MR) is 108 cm³/mol. The Morgan fingerprint density at radius 3 is 2.62 bits per heavy atom. The number of nitrogens with zero attached hydrogens (tertiary/aromatic N) is 2. The van der Waals surface area contributed by atoms with Crippen molar-refractivity contribution in [3.63, 3.8) is 0 Å². The third kappa shape index (κ3) is 4.21. The first-order chi connectivity index (χ1) is 13.7. The summed E-state index contributed by atoms with van der Waals surface area (Å²) in [5, 5.41) is 21.6. The molecular weight excluding hydrogens is 398 g/mol. The van der Waals surface area contributed by atoms with E-state index in [0.717, 1.165) is 46.0 Å². The van der Waals surface area contributed by atoms with Crippen molar-refractivity contribution in [2.75, 3.05) is 10.2 Å². The number of amides is 3. The monoisotopic (exact) mass is 415 g/mol. The maximum atomic E-state index is 12.7. The SMILES string of the molecule is Cc1ccc(N2C(=O)SC(CC(=O)Nc3cc([N+](=O)[O-])ccc3O)C2=O)c(C)c1. The van der Waals surface area contributed by atoms with Crippen LogP contribution in [0, 0.1) is 24.0 Å². The van der Waals surface area contributed by atoms with E-state index in [4.69, 9.17) is 0 Å². The zero-order valence-electron chi connectivity index (χ0n) is 15.5. The van der Waals surface area contributed by atoms with Gasteiger partial charge in [-0.05, 0) is 43.3 Å². The van der Waals surface area contributed by atoms with Gasteiger partial charge < -0.3 is 10.4 Å². The zero-order valence-corrected chi connectivity index (χ0v) is 16.4. The van der Waals surface area contributed by atoms with E-state index in [-0.39, 0.29) is 23.5 Å². The predicted octanol–water partition coefficient (Wildman–Crippen LogP) is 3.51. The normalized spacial score (nSPS) is 16.2. The van der Waals surface area contributed by atoms with Gasteiger partial charge in [0.05, 0.1) is 16.3 Å². The summed E-state index contributed by atoms with van der Waals surface area (Å²) in [5.74, 6) is -1.50. The molecule has 3 rings (SSSR count). The van der Waals surface area contributed by atoms with Gasteiger partial charge >= 0.3 is 0 Å². The summed E-state index contributed by atoms with van der Waals surface area (Å²) in [6, 6.07) is 8.54. The molecule has 2 aromatic carbocycles. The Labute approximate surface area is 169 Å². The minimum atomic E-state index is -0.927. The maximum Gasteiger partial charge on any atom is 0.293 e. The van der Waals surface area contributed by atoms with E-state index in [1.807, 2.05) is 13.0 Å². The molecule has 150 valence electrons. The molecule has 0 radical (unpaired) electrons. The van der Waals surface area contributed by atoms with Crippen LogP contribution in [-0.2, 0) is 9.59 Å². The lowest BCUT2D eigenvalue weighted by atomic mass is 10.1. The Hall–Kier alpha value is -3.40. The van der Waals surface area contributed by atoms with Crippen LogP contribution >= 0.6 is 11.8 Å². The van der Waals surface area contributed by atoms with Gasteiger partial charge in [-0.3, -0.25) is 24.5 Å². The third-order valence-corrected chi connectivity index (χ3v) is 5.39. The van der Waals surface area contributed by atoms with Gasteiger partial charge in [0.2, 0.25) is 11.8 Å². The number of rotatable bonds is 5. The number of phenolic OH excluding ortho intramolecular Hbond substituents is 1. The smallest absolute Gasteiger partial charge is 0.293 e. The molecule has 29 heavy (non-hydrogen) atoms. The summed E-state index contributed by atoms with van der Waals surface area (Å²) >= 11 is 0.747. The largest absolute Gasteiger partial charge is 0.506 e. The minimum absolute atomic E-state index is 0.141. The number of thioether (sulfide) groups is 1. The molecule has 2 N–H and O–H groups in total. The van der Waals surface area contributed by atoms with Crippen LogP contribution in [0.15, 0.2) is 36.4 Å². The molecule has 2 aromatic rings. The van der Waals surface area contributed by atoms with Gasteiger partial charge in [0.15, 0.2) is 0 Å². The number of imide groups is 1. The van der Waals surface area contributed by atoms with Crippen molar-refractivity contribution in [3.8, 4) is 5.75 Å². The summed E-state index contributed by atoms with van der Waals surface area (Å²) in [5.41, 5.74) is 1.78. The van der Waals surface area contributed by atoms with E-state index in [2.05, 4.69) is 5.32 Å². The van der Waals surface area contributed by atoms with Crippen molar-refractivity contribution < 1.29 is 24.4 Å². The van der Waals surface area contributed by atoms with Gasteiger partial charge in [0.1, 0.15) is 11.0 Å².